The highest BCUT2D eigenvalue weighted by Gasteiger charge is 2.48. The summed E-state index contributed by atoms with van der Waals surface area (Å²) in [5, 5.41) is 5.63. The molecule has 0 radical (unpaired) electrons. The molecule has 63 heavy (non-hydrogen) atoms. The zero-order valence-corrected chi connectivity index (χ0v) is 39.9. The van der Waals surface area contributed by atoms with Gasteiger partial charge >= 0.3 is 11.9 Å². The molecular weight excluding hydrogens is 785 g/mol. The van der Waals surface area contributed by atoms with Crippen molar-refractivity contribution in [1.82, 2.24) is 20.3 Å². The third kappa shape index (κ3) is 10.8. The number of ketones is 1. The lowest BCUT2D eigenvalue weighted by Crippen LogP contribution is -2.25. The van der Waals surface area contributed by atoms with Crippen molar-refractivity contribution in [2.45, 2.75) is 139 Å². The highest BCUT2D eigenvalue weighted by molar-refractivity contribution is 6.24. The average Bonchev–Trinajstić information content (AvgIpc) is 4.01. The van der Waals surface area contributed by atoms with E-state index in [9.17, 15) is 14.4 Å². The molecule has 0 saturated carbocycles. The van der Waals surface area contributed by atoms with E-state index in [0.29, 0.717) is 23.3 Å². The van der Waals surface area contributed by atoms with E-state index in [1.165, 1.54) is 63.2 Å². The van der Waals surface area contributed by atoms with E-state index in [-0.39, 0.29) is 36.6 Å². The Morgan fingerprint density at radius 2 is 1.56 bits per heavy atom. The lowest BCUT2D eigenvalue weighted by atomic mass is 9.85. The van der Waals surface area contributed by atoms with E-state index >= 15 is 0 Å². The van der Waals surface area contributed by atoms with Gasteiger partial charge in [-0.3, -0.25) is 14.4 Å². The summed E-state index contributed by atoms with van der Waals surface area (Å²) in [5.74, 6) is -0.263. The second-order valence-corrected chi connectivity index (χ2v) is 19.3. The van der Waals surface area contributed by atoms with Crippen LogP contribution >= 0.6 is 0 Å². The molecule has 340 valence electrons. The van der Waals surface area contributed by atoms with Gasteiger partial charge in [-0.1, -0.05) is 105 Å². The van der Waals surface area contributed by atoms with Gasteiger partial charge in [-0.2, -0.15) is 0 Å². The molecule has 1 aliphatic carbocycles. The molecule has 3 aromatic heterocycles. The van der Waals surface area contributed by atoms with Crippen molar-refractivity contribution in [3.8, 4) is 0 Å². The van der Waals surface area contributed by atoms with E-state index in [0.717, 1.165) is 92.9 Å². The van der Waals surface area contributed by atoms with E-state index in [4.69, 9.17) is 9.47 Å². The number of ether oxygens (including phenoxy) is 2. The fourth-order valence-corrected chi connectivity index (χ4v) is 10.1. The van der Waals surface area contributed by atoms with Gasteiger partial charge in [0.15, 0.2) is 5.78 Å². The average molecular weight is 859 g/mol. The number of methoxy groups -OCH3 is 1. The predicted molar refractivity (Wildman–Crippen MR) is 257 cm³/mol. The Bertz CT molecular complexity index is 2390. The Morgan fingerprint density at radius 1 is 0.873 bits per heavy atom. The molecule has 6 rings (SSSR count). The summed E-state index contributed by atoms with van der Waals surface area (Å²) < 4.78 is 11.1. The van der Waals surface area contributed by atoms with Crippen molar-refractivity contribution >= 4 is 47.6 Å². The Labute approximate surface area is 376 Å². The quantitative estimate of drug-likeness (QED) is 0.0509. The van der Waals surface area contributed by atoms with Crippen LogP contribution in [-0.4, -0.2) is 46.4 Å². The molecule has 9 heteroatoms. The maximum atomic E-state index is 14.4. The summed E-state index contributed by atoms with van der Waals surface area (Å²) in [7, 11) is 1.32. The topological polar surface area (TPSA) is 129 Å². The number of esters is 2. The van der Waals surface area contributed by atoms with Gasteiger partial charge in [0.2, 0.25) is 0 Å². The molecule has 1 saturated heterocycles. The summed E-state index contributed by atoms with van der Waals surface area (Å²) in [6.07, 6.45) is 23.0. The third-order valence-electron chi connectivity index (χ3n) is 14.1. The Kier molecular flexibility index (Phi) is 15.9. The highest BCUT2D eigenvalue weighted by atomic mass is 16.5. The van der Waals surface area contributed by atoms with Crippen LogP contribution in [-0.2, 0) is 25.5 Å². The molecular formula is C54H74N4O5. The van der Waals surface area contributed by atoms with E-state index in [1.807, 2.05) is 19.1 Å². The second kappa shape index (κ2) is 21.1. The zero-order valence-electron chi connectivity index (χ0n) is 39.9. The van der Waals surface area contributed by atoms with Crippen LogP contribution in [0.15, 0.2) is 35.7 Å². The molecule has 3 aromatic rings. The fourth-order valence-electron chi connectivity index (χ4n) is 10.1. The molecule has 2 aliphatic heterocycles. The first-order valence-corrected chi connectivity index (χ1v) is 23.8. The van der Waals surface area contributed by atoms with E-state index in [2.05, 4.69) is 107 Å². The van der Waals surface area contributed by atoms with Gasteiger partial charge in [0.05, 0.1) is 12.8 Å². The van der Waals surface area contributed by atoms with Gasteiger partial charge in [0.25, 0.3) is 0 Å². The van der Waals surface area contributed by atoms with Crippen LogP contribution in [0.4, 0.5) is 0 Å². The number of carbonyl (C=O) groups is 3. The minimum atomic E-state index is -1.14. The van der Waals surface area contributed by atoms with Crippen molar-refractivity contribution < 1.29 is 23.9 Å². The number of allylic oxidation sites excluding steroid dienone is 3. The Hall–Kier alpha value is -5.05. The SMILES string of the molecule is C=Cc1cc2[nH]c1/C=c1\[nH]/c(c(CC)c1C)=C\c1[nH]c3c(c1C)C(=O)[C@H](C(=O)OC)/C3=C1/N/C(=C\2)[C@@H](C)[C@@H]1CCC(=O)OC/C=C(\C)CCC[C@H](C)CCC[C@H](C)CCCC(C)C. The van der Waals surface area contributed by atoms with Gasteiger partial charge < -0.3 is 29.7 Å². The first-order valence-electron chi connectivity index (χ1n) is 23.8. The molecule has 8 bridgehead atoms. The first-order chi connectivity index (χ1) is 30.1. The predicted octanol–water partition coefficient (Wildman–Crippen LogP) is 10.8. The molecule has 0 aromatic carbocycles. The van der Waals surface area contributed by atoms with Crippen molar-refractivity contribution in [1.29, 1.82) is 0 Å². The number of aromatic nitrogens is 3. The van der Waals surface area contributed by atoms with Gasteiger partial charge in [-0.15, -0.1) is 0 Å². The monoisotopic (exact) mass is 859 g/mol. The largest absolute Gasteiger partial charge is 0.468 e. The summed E-state index contributed by atoms with van der Waals surface area (Å²) in [6.45, 7) is 24.2. The molecule has 5 heterocycles. The van der Waals surface area contributed by atoms with E-state index in [1.54, 1.807) is 0 Å². The van der Waals surface area contributed by atoms with Crippen molar-refractivity contribution in [2.24, 2.45) is 35.5 Å². The summed E-state index contributed by atoms with van der Waals surface area (Å²) in [4.78, 5) is 52.2. The van der Waals surface area contributed by atoms with Crippen LogP contribution in [0.2, 0.25) is 0 Å². The number of rotatable bonds is 20. The smallest absolute Gasteiger partial charge is 0.321 e. The van der Waals surface area contributed by atoms with Crippen molar-refractivity contribution in [3.63, 3.8) is 0 Å². The number of H-pyrrole nitrogens is 3. The van der Waals surface area contributed by atoms with Crippen LogP contribution in [0.1, 0.15) is 174 Å². The van der Waals surface area contributed by atoms with Gasteiger partial charge in [0, 0.05) is 68.6 Å². The number of hydrogen-bond donors (Lipinski definition) is 4. The summed E-state index contributed by atoms with van der Waals surface area (Å²) in [5.41, 5.74) is 11.3. The molecule has 3 aliphatic rings. The lowest BCUT2D eigenvalue weighted by Gasteiger charge is -2.19. The number of hydrogen-bond acceptors (Lipinski definition) is 6. The third-order valence-corrected chi connectivity index (χ3v) is 14.1. The van der Waals surface area contributed by atoms with Crippen LogP contribution in [0.3, 0.4) is 0 Å². The van der Waals surface area contributed by atoms with Crippen LogP contribution in [0.25, 0.3) is 29.9 Å². The molecule has 1 fully saturated rings. The Morgan fingerprint density at radius 3 is 2.22 bits per heavy atom. The molecule has 0 amide bonds. The number of nitrogens with one attached hydrogen (secondary N) is 4. The van der Waals surface area contributed by atoms with Gasteiger partial charge in [-0.05, 0) is 117 Å². The number of Topliss-reactive ketones (excluding diaryl/α,β-unsaturated/α-hetero) is 1. The standard InChI is InChI=1S/C54H74N4O5/c1-12-38-27-39-28-42-36(9)41(23-24-47(59)63-26-25-34(7)22-16-21-33(6)20-15-19-32(5)18-14-17-31(3)4)51(57-42)49-50(54(61)62-11)53(60)48-37(10)44(58-52(48)49)30-46-40(13-2)35(8)43(56-46)29-45(38)55-39/h12,25,27-33,36,41,50,55-58H,1,13-24,26H2,2-11H3/b34-25+,42-28-,43-29-,46-30-,51-49-/t32-,33-,36+,41+,50-/m1/s1. The lowest BCUT2D eigenvalue weighted by molar-refractivity contribution is -0.143. The zero-order chi connectivity index (χ0) is 45.5. The summed E-state index contributed by atoms with van der Waals surface area (Å²) in [6, 6.07) is 2.07. The first kappa shape index (κ1) is 47.4. The van der Waals surface area contributed by atoms with Crippen LogP contribution < -0.4 is 16.0 Å². The number of fused-ring (bicyclic) bond motifs is 7. The van der Waals surface area contributed by atoms with Crippen LogP contribution in [0.5, 0.6) is 0 Å². The highest BCUT2D eigenvalue weighted by Crippen LogP contribution is 2.48. The molecule has 9 nitrogen and oxygen atoms in total. The molecule has 0 spiro atoms. The van der Waals surface area contributed by atoms with Crippen molar-refractivity contribution in [3.05, 3.63) is 97.0 Å². The fraction of sp³-hybridized carbons (Fsp3) is 0.537. The molecule has 4 N–H and O–H groups in total. The minimum absolute atomic E-state index is 0.0824. The Balaban J connectivity index is 1.20. The molecule has 0 unspecified atom stereocenters. The van der Waals surface area contributed by atoms with Crippen LogP contribution in [0, 0.1) is 49.4 Å². The molecule has 5 atom stereocenters. The summed E-state index contributed by atoms with van der Waals surface area (Å²) >= 11 is 0. The van der Waals surface area contributed by atoms with Gasteiger partial charge in [-0.25, -0.2) is 0 Å². The van der Waals surface area contributed by atoms with Gasteiger partial charge in [0.1, 0.15) is 12.5 Å². The minimum Gasteiger partial charge on any atom is -0.468 e. The second-order valence-electron chi connectivity index (χ2n) is 19.3. The normalized spacial score (nSPS) is 22.1. The maximum absolute atomic E-state index is 14.4. The number of aromatic amines is 3. The van der Waals surface area contributed by atoms with Crippen molar-refractivity contribution in [2.75, 3.05) is 13.7 Å². The number of carbonyl (C=O) groups excluding carboxylic acids is 3. The maximum Gasteiger partial charge on any atom is 0.321 e. The van der Waals surface area contributed by atoms with E-state index < -0.39 is 11.9 Å².